The van der Waals surface area contributed by atoms with Gasteiger partial charge in [-0.25, -0.2) is 0 Å². The lowest BCUT2D eigenvalue weighted by atomic mass is 9.74. The van der Waals surface area contributed by atoms with Crippen LogP contribution in [0.4, 0.5) is 0 Å². The lowest BCUT2D eigenvalue weighted by Crippen LogP contribution is -2.43. The molecule has 12 heavy (non-hydrogen) atoms. The molecule has 3 unspecified atom stereocenters. The third-order valence-electron chi connectivity index (χ3n) is 3.41. The molecule has 2 rings (SSSR count). The highest BCUT2D eigenvalue weighted by Crippen LogP contribution is 2.34. The van der Waals surface area contributed by atoms with Crippen molar-refractivity contribution in [2.45, 2.75) is 19.8 Å². The Kier molecular flexibility index (Phi) is 2.22. The van der Waals surface area contributed by atoms with Crippen molar-refractivity contribution < 1.29 is 0 Å². The van der Waals surface area contributed by atoms with Gasteiger partial charge in [0.05, 0.1) is 0 Å². The van der Waals surface area contributed by atoms with Crippen LogP contribution in [0.5, 0.6) is 0 Å². The van der Waals surface area contributed by atoms with Gasteiger partial charge in [-0.2, -0.15) is 0 Å². The number of allylic oxidation sites excluding steroid dienone is 2. The first-order chi connectivity index (χ1) is 5.77. The van der Waals surface area contributed by atoms with Gasteiger partial charge in [-0.15, -0.1) is 0 Å². The van der Waals surface area contributed by atoms with Crippen LogP contribution in [0.1, 0.15) is 19.8 Å². The molecule has 2 aliphatic rings. The Bertz CT molecular complexity index is 185. The van der Waals surface area contributed by atoms with E-state index in [0.29, 0.717) is 0 Å². The Morgan fingerprint density at radius 1 is 1.33 bits per heavy atom. The molecule has 0 N–H and O–H groups in total. The van der Waals surface area contributed by atoms with E-state index in [1.807, 2.05) is 0 Å². The van der Waals surface area contributed by atoms with E-state index in [-0.39, 0.29) is 0 Å². The number of fused-ring (bicyclic) bond motifs is 1. The van der Waals surface area contributed by atoms with Gasteiger partial charge in [-0.1, -0.05) is 19.1 Å². The highest BCUT2D eigenvalue weighted by molar-refractivity contribution is 5.01. The molecule has 1 heteroatoms. The average Bonchev–Trinajstić information content (AvgIpc) is 2.04. The summed E-state index contributed by atoms with van der Waals surface area (Å²) in [5.74, 6) is 2.70. The second-order valence-electron chi connectivity index (χ2n) is 4.54. The topological polar surface area (TPSA) is 3.24 Å². The smallest absolute Gasteiger partial charge is 0.00126 e. The van der Waals surface area contributed by atoms with E-state index in [0.717, 1.165) is 17.8 Å². The van der Waals surface area contributed by atoms with Crippen LogP contribution < -0.4 is 0 Å². The van der Waals surface area contributed by atoms with E-state index in [1.54, 1.807) is 0 Å². The van der Waals surface area contributed by atoms with Crippen LogP contribution in [-0.2, 0) is 0 Å². The fourth-order valence-electron chi connectivity index (χ4n) is 2.87. The third-order valence-corrected chi connectivity index (χ3v) is 3.41. The maximum absolute atomic E-state index is 2.49. The first-order valence-corrected chi connectivity index (χ1v) is 5.12. The molecule has 1 aliphatic heterocycles. The lowest BCUT2D eigenvalue weighted by Gasteiger charge is -2.41. The molecule has 0 radical (unpaired) electrons. The van der Waals surface area contributed by atoms with Gasteiger partial charge in [0.25, 0.3) is 0 Å². The molecule has 0 amide bonds. The molecule has 1 heterocycles. The van der Waals surface area contributed by atoms with Crippen LogP contribution >= 0.6 is 0 Å². The molecule has 68 valence electrons. The van der Waals surface area contributed by atoms with E-state index in [4.69, 9.17) is 0 Å². The maximum atomic E-state index is 2.49. The molecular weight excluding hydrogens is 146 g/mol. The Morgan fingerprint density at radius 3 is 3.00 bits per heavy atom. The van der Waals surface area contributed by atoms with Crippen molar-refractivity contribution in [2.24, 2.45) is 17.8 Å². The zero-order valence-corrected chi connectivity index (χ0v) is 8.16. The number of likely N-dealkylation sites (tertiary alicyclic amines) is 1. The summed E-state index contributed by atoms with van der Waals surface area (Å²) in [6, 6.07) is 0. The van der Waals surface area contributed by atoms with Crippen molar-refractivity contribution in [1.29, 1.82) is 0 Å². The van der Waals surface area contributed by atoms with Crippen molar-refractivity contribution in [3.05, 3.63) is 12.2 Å². The zero-order valence-electron chi connectivity index (χ0n) is 8.16. The van der Waals surface area contributed by atoms with Crippen LogP contribution in [-0.4, -0.2) is 25.0 Å². The molecule has 0 saturated carbocycles. The Morgan fingerprint density at radius 2 is 2.17 bits per heavy atom. The SMILES string of the molecule is CC1CN(C)CC2CCC=CC12. The lowest BCUT2D eigenvalue weighted by molar-refractivity contribution is 0.106. The Balaban J connectivity index is 2.10. The van der Waals surface area contributed by atoms with Crippen LogP contribution in [0.2, 0.25) is 0 Å². The molecular formula is C11H19N. The van der Waals surface area contributed by atoms with Crippen molar-refractivity contribution in [1.82, 2.24) is 4.90 Å². The van der Waals surface area contributed by atoms with E-state index in [9.17, 15) is 0 Å². The number of piperidine rings is 1. The predicted molar refractivity (Wildman–Crippen MR) is 52.0 cm³/mol. The molecule has 1 nitrogen and oxygen atoms in total. The van der Waals surface area contributed by atoms with E-state index in [2.05, 4.69) is 31.0 Å². The largest absolute Gasteiger partial charge is 0.306 e. The van der Waals surface area contributed by atoms with Crippen molar-refractivity contribution >= 4 is 0 Å². The quantitative estimate of drug-likeness (QED) is 0.497. The summed E-state index contributed by atoms with van der Waals surface area (Å²) in [6.07, 6.45) is 7.56. The molecule has 1 fully saturated rings. The second-order valence-corrected chi connectivity index (χ2v) is 4.54. The molecule has 0 spiro atoms. The van der Waals surface area contributed by atoms with Gasteiger partial charge in [0.1, 0.15) is 0 Å². The number of hydrogen-bond acceptors (Lipinski definition) is 1. The predicted octanol–water partition coefficient (Wildman–Crippen LogP) is 2.15. The van der Waals surface area contributed by atoms with E-state index in [1.165, 1.54) is 25.9 Å². The summed E-state index contributed by atoms with van der Waals surface area (Å²) >= 11 is 0. The van der Waals surface area contributed by atoms with Crippen molar-refractivity contribution in [2.75, 3.05) is 20.1 Å². The van der Waals surface area contributed by atoms with Crippen molar-refractivity contribution in [3.63, 3.8) is 0 Å². The molecule has 0 aromatic rings. The minimum absolute atomic E-state index is 0.866. The van der Waals surface area contributed by atoms with Crippen molar-refractivity contribution in [3.8, 4) is 0 Å². The normalized spacial score (nSPS) is 42.7. The summed E-state index contributed by atoms with van der Waals surface area (Å²) in [5, 5.41) is 0. The summed E-state index contributed by atoms with van der Waals surface area (Å²) < 4.78 is 0. The van der Waals surface area contributed by atoms with Gasteiger partial charge in [0, 0.05) is 13.1 Å². The van der Waals surface area contributed by atoms with E-state index >= 15 is 0 Å². The molecule has 0 aromatic carbocycles. The maximum Gasteiger partial charge on any atom is 0.00126 e. The monoisotopic (exact) mass is 165 g/mol. The first-order valence-electron chi connectivity index (χ1n) is 5.12. The molecule has 0 aromatic heterocycles. The minimum atomic E-state index is 0.866. The Hall–Kier alpha value is -0.300. The molecule has 3 atom stereocenters. The van der Waals surface area contributed by atoms with Crippen LogP contribution in [0.3, 0.4) is 0 Å². The fourth-order valence-corrected chi connectivity index (χ4v) is 2.87. The molecule has 1 saturated heterocycles. The van der Waals surface area contributed by atoms with Gasteiger partial charge >= 0.3 is 0 Å². The van der Waals surface area contributed by atoms with Gasteiger partial charge < -0.3 is 4.90 Å². The number of nitrogens with zero attached hydrogens (tertiary/aromatic N) is 1. The summed E-state index contributed by atoms with van der Waals surface area (Å²) in [5.41, 5.74) is 0. The Labute approximate surface area is 75.4 Å². The standard InChI is InChI=1S/C11H19N/c1-9-7-12(2)8-10-5-3-4-6-11(9)10/h4,6,9-11H,3,5,7-8H2,1-2H3. The van der Waals surface area contributed by atoms with E-state index < -0.39 is 0 Å². The van der Waals surface area contributed by atoms with Gasteiger partial charge in [-0.05, 0) is 37.6 Å². The summed E-state index contributed by atoms with van der Waals surface area (Å²) in [6.45, 7) is 4.99. The van der Waals surface area contributed by atoms with Gasteiger partial charge in [0.15, 0.2) is 0 Å². The zero-order chi connectivity index (χ0) is 8.55. The highest BCUT2D eigenvalue weighted by Gasteiger charge is 2.32. The molecule has 0 bridgehead atoms. The number of hydrogen-bond donors (Lipinski definition) is 0. The first kappa shape index (κ1) is 8.31. The number of rotatable bonds is 0. The van der Waals surface area contributed by atoms with Crippen LogP contribution in [0.25, 0.3) is 0 Å². The summed E-state index contributed by atoms with van der Waals surface area (Å²) in [7, 11) is 2.26. The highest BCUT2D eigenvalue weighted by atomic mass is 15.1. The summed E-state index contributed by atoms with van der Waals surface area (Å²) in [4.78, 5) is 2.49. The van der Waals surface area contributed by atoms with Crippen LogP contribution in [0, 0.1) is 17.8 Å². The van der Waals surface area contributed by atoms with Gasteiger partial charge in [0.2, 0.25) is 0 Å². The second kappa shape index (κ2) is 3.21. The third kappa shape index (κ3) is 1.42. The molecule has 1 aliphatic carbocycles. The van der Waals surface area contributed by atoms with Crippen LogP contribution in [0.15, 0.2) is 12.2 Å². The minimum Gasteiger partial charge on any atom is -0.306 e. The average molecular weight is 165 g/mol. The fraction of sp³-hybridized carbons (Fsp3) is 0.818. The van der Waals surface area contributed by atoms with Gasteiger partial charge in [-0.3, -0.25) is 0 Å².